The first-order chi connectivity index (χ1) is 11.8. The molecule has 0 aliphatic carbocycles. The van der Waals surface area contributed by atoms with Crippen LogP contribution in [0.15, 0.2) is 34.9 Å². The Hall–Kier alpha value is -2.63. The number of carbonyl (C=O) groups is 2. The van der Waals surface area contributed by atoms with Gasteiger partial charge in [0.2, 0.25) is 5.91 Å². The lowest BCUT2D eigenvalue weighted by molar-refractivity contribution is -0.142. The number of carboxylic acids is 1. The second-order valence-electron chi connectivity index (χ2n) is 6.43. The summed E-state index contributed by atoms with van der Waals surface area (Å²) in [5.41, 5.74) is 2.48. The standard InChI is InChI=1S/C19H24N2O4/c1-11(17-13(3)21-25-14(17)4)10-16(22)20-18(12(2)19(23)24)15-8-6-5-7-9-15/h5-9,11-12,18H,10H2,1-4H3,(H,20,22)(H,23,24). The molecule has 3 atom stereocenters. The Bertz CT molecular complexity index is 720. The van der Waals surface area contributed by atoms with E-state index in [0.717, 1.165) is 16.8 Å². The van der Waals surface area contributed by atoms with Crippen molar-refractivity contribution in [3.8, 4) is 0 Å². The Kier molecular flexibility index (Phi) is 5.96. The molecule has 3 unspecified atom stereocenters. The molecule has 134 valence electrons. The van der Waals surface area contributed by atoms with Gasteiger partial charge in [-0.2, -0.15) is 0 Å². The smallest absolute Gasteiger partial charge is 0.308 e. The molecule has 0 aliphatic rings. The molecule has 6 nitrogen and oxygen atoms in total. The number of rotatable bonds is 7. The van der Waals surface area contributed by atoms with Gasteiger partial charge in [-0.15, -0.1) is 0 Å². The average molecular weight is 344 g/mol. The molecule has 2 rings (SSSR count). The first kappa shape index (κ1) is 18.7. The van der Waals surface area contributed by atoms with E-state index in [4.69, 9.17) is 4.52 Å². The third-order valence-electron chi connectivity index (χ3n) is 4.44. The van der Waals surface area contributed by atoms with Gasteiger partial charge in [0.25, 0.3) is 0 Å². The van der Waals surface area contributed by atoms with E-state index in [1.807, 2.05) is 51.1 Å². The monoisotopic (exact) mass is 344 g/mol. The third kappa shape index (κ3) is 4.47. The van der Waals surface area contributed by atoms with Gasteiger partial charge in [0, 0.05) is 12.0 Å². The van der Waals surface area contributed by atoms with Crippen molar-refractivity contribution in [3.05, 3.63) is 52.9 Å². The lowest BCUT2D eigenvalue weighted by atomic mass is 9.92. The van der Waals surface area contributed by atoms with Crippen LogP contribution in [0.2, 0.25) is 0 Å². The van der Waals surface area contributed by atoms with Crippen LogP contribution in [0.25, 0.3) is 0 Å². The topological polar surface area (TPSA) is 92.4 Å². The van der Waals surface area contributed by atoms with E-state index in [-0.39, 0.29) is 18.2 Å². The second kappa shape index (κ2) is 7.96. The molecule has 6 heteroatoms. The van der Waals surface area contributed by atoms with Crippen molar-refractivity contribution in [1.29, 1.82) is 0 Å². The lowest BCUT2D eigenvalue weighted by Gasteiger charge is -2.24. The van der Waals surface area contributed by atoms with Crippen molar-refractivity contribution in [2.75, 3.05) is 0 Å². The van der Waals surface area contributed by atoms with Crippen LogP contribution >= 0.6 is 0 Å². The molecular weight excluding hydrogens is 320 g/mol. The third-order valence-corrected chi connectivity index (χ3v) is 4.44. The quantitative estimate of drug-likeness (QED) is 0.803. The van der Waals surface area contributed by atoms with Crippen LogP contribution in [0.3, 0.4) is 0 Å². The van der Waals surface area contributed by atoms with Gasteiger partial charge >= 0.3 is 5.97 Å². The fourth-order valence-electron chi connectivity index (χ4n) is 3.11. The maximum atomic E-state index is 12.5. The van der Waals surface area contributed by atoms with Crippen LogP contribution in [0.1, 0.15) is 54.8 Å². The predicted molar refractivity (Wildman–Crippen MR) is 93.1 cm³/mol. The van der Waals surface area contributed by atoms with Gasteiger partial charge in [-0.05, 0) is 32.3 Å². The lowest BCUT2D eigenvalue weighted by Crippen LogP contribution is -2.36. The van der Waals surface area contributed by atoms with Crippen LogP contribution in [0.5, 0.6) is 0 Å². The highest BCUT2D eigenvalue weighted by Crippen LogP contribution is 2.27. The molecule has 0 saturated heterocycles. The van der Waals surface area contributed by atoms with Crippen LogP contribution in [-0.2, 0) is 9.59 Å². The molecule has 2 aromatic rings. The summed E-state index contributed by atoms with van der Waals surface area (Å²) >= 11 is 0. The van der Waals surface area contributed by atoms with E-state index in [1.165, 1.54) is 0 Å². The molecule has 0 spiro atoms. The summed E-state index contributed by atoms with van der Waals surface area (Å²) in [7, 11) is 0. The van der Waals surface area contributed by atoms with Gasteiger partial charge in [-0.3, -0.25) is 9.59 Å². The second-order valence-corrected chi connectivity index (χ2v) is 6.43. The summed E-state index contributed by atoms with van der Waals surface area (Å²) in [4.78, 5) is 23.9. The molecule has 1 amide bonds. The molecule has 1 aromatic heterocycles. The first-order valence-corrected chi connectivity index (χ1v) is 8.31. The van der Waals surface area contributed by atoms with Gasteiger partial charge in [0.15, 0.2) is 0 Å². The Morgan fingerprint density at radius 3 is 2.36 bits per heavy atom. The van der Waals surface area contributed by atoms with Gasteiger partial charge < -0.3 is 14.9 Å². The molecule has 0 bridgehead atoms. The van der Waals surface area contributed by atoms with Crippen LogP contribution in [0, 0.1) is 19.8 Å². The van der Waals surface area contributed by atoms with E-state index in [0.29, 0.717) is 5.76 Å². The fraction of sp³-hybridized carbons (Fsp3) is 0.421. The number of carbonyl (C=O) groups excluding carboxylic acids is 1. The SMILES string of the molecule is Cc1noc(C)c1C(C)CC(=O)NC(c1ccccc1)C(C)C(=O)O. The van der Waals surface area contributed by atoms with Crippen LogP contribution < -0.4 is 5.32 Å². The highest BCUT2D eigenvalue weighted by Gasteiger charge is 2.28. The molecule has 2 N–H and O–H groups in total. The van der Waals surface area contributed by atoms with Crippen LogP contribution in [-0.4, -0.2) is 22.1 Å². The molecule has 0 radical (unpaired) electrons. The number of carboxylic acid groups (broad SMARTS) is 1. The Labute approximate surface area is 147 Å². The number of nitrogens with zero attached hydrogens (tertiary/aromatic N) is 1. The van der Waals surface area contributed by atoms with Crippen molar-refractivity contribution in [3.63, 3.8) is 0 Å². The average Bonchev–Trinajstić information content (AvgIpc) is 2.91. The van der Waals surface area contributed by atoms with Gasteiger partial charge in [0.1, 0.15) is 5.76 Å². The first-order valence-electron chi connectivity index (χ1n) is 8.31. The molecule has 0 saturated carbocycles. The number of aryl methyl sites for hydroxylation is 2. The van der Waals surface area contributed by atoms with Gasteiger partial charge in [-0.1, -0.05) is 42.4 Å². The highest BCUT2D eigenvalue weighted by atomic mass is 16.5. The van der Waals surface area contributed by atoms with Crippen molar-refractivity contribution < 1.29 is 19.2 Å². The Balaban J connectivity index is 2.13. The zero-order chi connectivity index (χ0) is 18.6. The number of aliphatic carboxylic acids is 1. The normalized spacial score (nSPS) is 14.6. The number of benzene rings is 1. The summed E-state index contributed by atoms with van der Waals surface area (Å²) in [6.07, 6.45) is 0.235. The maximum absolute atomic E-state index is 12.5. The van der Waals surface area contributed by atoms with Gasteiger partial charge in [-0.25, -0.2) is 0 Å². The minimum atomic E-state index is -0.951. The van der Waals surface area contributed by atoms with E-state index in [9.17, 15) is 14.7 Å². The van der Waals surface area contributed by atoms with E-state index in [2.05, 4.69) is 10.5 Å². The summed E-state index contributed by atoms with van der Waals surface area (Å²) in [6.45, 7) is 7.20. The van der Waals surface area contributed by atoms with E-state index in [1.54, 1.807) is 6.92 Å². The van der Waals surface area contributed by atoms with Crippen molar-refractivity contribution in [2.45, 2.75) is 46.1 Å². The predicted octanol–water partition coefficient (Wildman–Crippen LogP) is 3.36. The zero-order valence-corrected chi connectivity index (χ0v) is 14.9. The molecule has 1 aromatic carbocycles. The minimum Gasteiger partial charge on any atom is -0.481 e. The Morgan fingerprint density at radius 1 is 1.20 bits per heavy atom. The van der Waals surface area contributed by atoms with Crippen LogP contribution in [0.4, 0.5) is 0 Å². The molecule has 1 heterocycles. The molecule has 25 heavy (non-hydrogen) atoms. The highest BCUT2D eigenvalue weighted by molar-refractivity contribution is 5.79. The molecule has 0 aliphatic heterocycles. The number of amides is 1. The number of nitrogens with one attached hydrogen (secondary N) is 1. The van der Waals surface area contributed by atoms with Crippen molar-refractivity contribution in [2.24, 2.45) is 5.92 Å². The number of hydrogen-bond acceptors (Lipinski definition) is 4. The minimum absolute atomic E-state index is 0.0668. The summed E-state index contributed by atoms with van der Waals surface area (Å²) in [5.74, 6) is -1.25. The van der Waals surface area contributed by atoms with Crippen molar-refractivity contribution in [1.82, 2.24) is 10.5 Å². The Morgan fingerprint density at radius 2 is 1.84 bits per heavy atom. The van der Waals surface area contributed by atoms with E-state index < -0.39 is 17.9 Å². The largest absolute Gasteiger partial charge is 0.481 e. The number of aromatic nitrogens is 1. The van der Waals surface area contributed by atoms with Gasteiger partial charge in [0.05, 0.1) is 17.7 Å². The fourth-order valence-corrected chi connectivity index (χ4v) is 3.11. The number of hydrogen-bond donors (Lipinski definition) is 2. The van der Waals surface area contributed by atoms with E-state index >= 15 is 0 Å². The summed E-state index contributed by atoms with van der Waals surface area (Å²) < 4.78 is 5.16. The summed E-state index contributed by atoms with van der Waals surface area (Å²) in [6, 6.07) is 8.57. The zero-order valence-electron chi connectivity index (χ0n) is 14.9. The molecule has 0 fully saturated rings. The van der Waals surface area contributed by atoms with Crippen molar-refractivity contribution >= 4 is 11.9 Å². The summed E-state index contributed by atoms with van der Waals surface area (Å²) in [5, 5.41) is 16.2. The maximum Gasteiger partial charge on any atom is 0.308 e. The molecular formula is C19H24N2O4.